The van der Waals surface area contributed by atoms with E-state index in [1.54, 1.807) is 16.8 Å². The van der Waals surface area contributed by atoms with Crippen LogP contribution in [0.2, 0.25) is 0 Å². The van der Waals surface area contributed by atoms with Gasteiger partial charge in [-0.2, -0.15) is 0 Å². The van der Waals surface area contributed by atoms with Crippen LogP contribution in [-0.2, 0) is 10.5 Å². The maximum Gasteiger partial charge on any atom is 0.247 e. The second-order valence-corrected chi connectivity index (χ2v) is 6.19. The number of hydrogen-bond donors (Lipinski definition) is 1. The number of hydrogen-bond acceptors (Lipinski definition) is 3. The molecule has 1 N–H and O–H groups in total. The Balaban J connectivity index is 2.40. The van der Waals surface area contributed by atoms with Crippen molar-refractivity contribution in [2.24, 2.45) is 0 Å². The Labute approximate surface area is 115 Å². The largest absolute Gasteiger partial charge is 0.288 e. The second kappa shape index (κ2) is 7.03. The molecule has 0 bridgehead atoms. The molecular formula is C12H17BrN2OS. The number of amides is 1. The van der Waals surface area contributed by atoms with Crippen molar-refractivity contribution in [1.82, 2.24) is 10.4 Å². The van der Waals surface area contributed by atoms with E-state index >= 15 is 0 Å². The van der Waals surface area contributed by atoms with E-state index in [0.717, 1.165) is 10.2 Å². The molecule has 0 radical (unpaired) electrons. The summed E-state index contributed by atoms with van der Waals surface area (Å²) in [5.41, 5.74) is 3.98. The number of benzene rings is 1. The van der Waals surface area contributed by atoms with Gasteiger partial charge in [-0.15, -0.1) is 11.8 Å². The number of thioether (sulfide) groups is 1. The SMILES string of the molecule is C[C@@H](SCc1ccc(Br)cc1)C(=O)NN(C)C. The van der Waals surface area contributed by atoms with Crippen LogP contribution in [0.25, 0.3) is 0 Å². The van der Waals surface area contributed by atoms with Gasteiger partial charge in [0.2, 0.25) is 5.91 Å². The lowest BCUT2D eigenvalue weighted by Crippen LogP contribution is -2.40. The van der Waals surface area contributed by atoms with Crippen LogP contribution >= 0.6 is 27.7 Å². The summed E-state index contributed by atoms with van der Waals surface area (Å²) in [5, 5.41) is 1.61. The molecule has 0 saturated heterocycles. The fourth-order valence-corrected chi connectivity index (χ4v) is 2.29. The predicted octanol–water partition coefficient (Wildman–Crippen LogP) is 2.66. The maximum absolute atomic E-state index is 11.6. The van der Waals surface area contributed by atoms with Crippen LogP contribution in [0.5, 0.6) is 0 Å². The lowest BCUT2D eigenvalue weighted by molar-refractivity contribution is -0.123. The van der Waals surface area contributed by atoms with Crippen LogP contribution in [0.1, 0.15) is 12.5 Å². The average molecular weight is 317 g/mol. The summed E-state index contributed by atoms with van der Waals surface area (Å²) in [4.78, 5) is 11.6. The Morgan fingerprint density at radius 3 is 2.53 bits per heavy atom. The highest BCUT2D eigenvalue weighted by Gasteiger charge is 2.13. The van der Waals surface area contributed by atoms with Gasteiger partial charge in [-0.05, 0) is 24.6 Å². The molecule has 0 heterocycles. The van der Waals surface area contributed by atoms with Gasteiger partial charge in [0.05, 0.1) is 5.25 Å². The first-order valence-corrected chi connectivity index (χ1v) is 7.17. The van der Waals surface area contributed by atoms with E-state index in [1.807, 2.05) is 33.2 Å². The van der Waals surface area contributed by atoms with Crippen LogP contribution in [0.15, 0.2) is 28.7 Å². The lowest BCUT2D eigenvalue weighted by atomic mass is 10.2. The molecular weight excluding hydrogens is 300 g/mol. The summed E-state index contributed by atoms with van der Waals surface area (Å²) in [6.45, 7) is 1.92. The third kappa shape index (κ3) is 5.57. The van der Waals surface area contributed by atoms with Crippen molar-refractivity contribution in [2.45, 2.75) is 17.9 Å². The molecule has 0 aromatic heterocycles. The fourth-order valence-electron chi connectivity index (χ4n) is 1.19. The Hall–Kier alpha value is -0.520. The number of rotatable bonds is 5. The number of halogens is 1. The molecule has 1 rings (SSSR count). The zero-order chi connectivity index (χ0) is 12.8. The monoisotopic (exact) mass is 316 g/mol. The summed E-state index contributed by atoms with van der Waals surface area (Å²) < 4.78 is 1.07. The van der Waals surface area contributed by atoms with Crippen LogP contribution < -0.4 is 5.43 Å². The molecule has 5 heteroatoms. The van der Waals surface area contributed by atoms with Gasteiger partial charge in [0.1, 0.15) is 0 Å². The highest BCUT2D eigenvalue weighted by atomic mass is 79.9. The van der Waals surface area contributed by atoms with Crippen molar-refractivity contribution in [2.75, 3.05) is 14.1 Å². The first-order valence-electron chi connectivity index (χ1n) is 5.33. The molecule has 1 aromatic rings. The minimum Gasteiger partial charge on any atom is -0.288 e. The number of carbonyl (C=O) groups is 1. The summed E-state index contributed by atoms with van der Waals surface area (Å²) in [5.74, 6) is 0.882. The van der Waals surface area contributed by atoms with Gasteiger partial charge < -0.3 is 0 Å². The van der Waals surface area contributed by atoms with E-state index < -0.39 is 0 Å². The molecule has 0 aliphatic rings. The molecule has 1 aromatic carbocycles. The molecule has 0 aliphatic carbocycles. The van der Waals surface area contributed by atoms with Crippen molar-refractivity contribution in [3.63, 3.8) is 0 Å². The molecule has 1 atom stereocenters. The van der Waals surface area contributed by atoms with Crippen LogP contribution in [0.4, 0.5) is 0 Å². The Morgan fingerprint density at radius 2 is 2.00 bits per heavy atom. The highest BCUT2D eigenvalue weighted by Crippen LogP contribution is 2.19. The summed E-state index contributed by atoms with van der Waals surface area (Å²) in [6.07, 6.45) is 0. The number of hydrazine groups is 1. The van der Waals surface area contributed by atoms with E-state index in [1.165, 1.54) is 5.56 Å². The summed E-state index contributed by atoms with van der Waals surface area (Å²) in [6, 6.07) is 8.15. The molecule has 0 unspecified atom stereocenters. The number of nitrogens with one attached hydrogen (secondary N) is 1. The molecule has 17 heavy (non-hydrogen) atoms. The normalized spacial score (nSPS) is 12.5. The van der Waals surface area contributed by atoms with Crippen LogP contribution in [-0.4, -0.2) is 30.3 Å². The summed E-state index contributed by atoms with van der Waals surface area (Å²) >= 11 is 5.03. The van der Waals surface area contributed by atoms with Crippen molar-refractivity contribution in [1.29, 1.82) is 0 Å². The van der Waals surface area contributed by atoms with Gasteiger partial charge in [-0.25, -0.2) is 5.01 Å². The van der Waals surface area contributed by atoms with Crippen molar-refractivity contribution >= 4 is 33.6 Å². The first kappa shape index (κ1) is 14.5. The fraction of sp³-hybridized carbons (Fsp3) is 0.417. The van der Waals surface area contributed by atoms with E-state index in [2.05, 4.69) is 33.5 Å². The average Bonchev–Trinajstić information content (AvgIpc) is 2.27. The highest BCUT2D eigenvalue weighted by molar-refractivity contribution is 9.10. The topological polar surface area (TPSA) is 32.3 Å². The van der Waals surface area contributed by atoms with Gasteiger partial charge in [-0.3, -0.25) is 10.2 Å². The zero-order valence-electron chi connectivity index (χ0n) is 10.2. The Bertz CT molecular complexity index is 367. The van der Waals surface area contributed by atoms with E-state index in [9.17, 15) is 4.79 Å². The molecule has 0 spiro atoms. The van der Waals surface area contributed by atoms with Crippen molar-refractivity contribution in [3.8, 4) is 0 Å². The molecule has 0 aliphatic heterocycles. The van der Waals surface area contributed by atoms with Gasteiger partial charge in [-0.1, -0.05) is 28.1 Å². The first-order chi connectivity index (χ1) is 7.99. The Morgan fingerprint density at radius 1 is 1.41 bits per heavy atom. The molecule has 0 saturated carbocycles. The van der Waals surface area contributed by atoms with Gasteiger partial charge >= 0.3 is 0 Å². The van der Waals surface area contributed by atoms with E-state index in [-0.39, 0.29) is 11.2 Å². The lowest BCUT2D eigenvalue weighted by Gasteiger charge is -2.16. The van der Waals surface area contributed by atoms with Crippen molar-refractivity contribution in [3.05, 3.63) is 34.3 Å². The summed E-state index contributed by atoms with van der Waals surface area (Å²) in [7, 11) is 3.62. The molecule has 94 valence electrons. The predicted molar refractivity (Wildman–Crippen MR) is 76.7 cm³/mol. The van der Waals surface area contributed by atoms with E-state index in [0.29, 0.717) is 0 Å². The maximum atomic E-state index is 11.6. The smallest absolute Gasteiger partial charge is 0.247 e. The van der Waals surface area contributed by atoms with Crippen molar-refractivity contribution < 1.29 is 4.79 Å². The third-order valence-electron chi connectivity index (χ3n) is 2.12. The van der Waals surface area contributed by atoms with E-state index in [4.69, 9.17) is 0 Å². The number of nitrogens with zero attached hydrogens (tertiary/aromatic N) is 1. The number of carbonyl (C=O) groups excluding carboxylic acids is 1. The third-order valence-corrected chi connectivity index (χ3v) is 3.86. The molecule has 0 fully saturated rings. The van der Waals surface area contributed by atoms with Gasteiger partial charge in [0.15, 0.2) is 0 Å². The zero-order valence-corrected chi connectivity index (χ0v) is 12.6. The molecule has 1 amide bonds. The minimum absolute atomic E-state index is 0.0390. The second-order valence-electron chi connectivity index (χ2n) is 3.95. The van der Waals surface area contributed by atoms with Gasteiger partial charge in [0.25, 0.3) is 0 Å². The standard InChI is InChI=1S/C12H17BrN2OS/c1-9(12(16)14-15(2)3)17-8-10-4-6-11(13)7-5-10/h4-7,9H,8H2,1-3H3,(H,14,16)/t9-/m1/s1. The van der Waals surface area contributed by atoms with Crippen LogP contribution in [0.3, 0.4) is 0 Å². The van der Waals surface area contributed by atoms with Crippen LogP contribution in [0, 0.1) is 0 Å². The minimum atomic E-state index is -0.0546. The van der Waals surface area contributed by atoms with Gasteiger partial charge in [0, 0.05) is 24.3 Å². The Kier molecular flexibility index (Phi) is 6.02. The molecule has 3 nitrogen and oxygen atoms in total. The quantitative estimate of drug-likeness (QED) is 0.848.